The summed E-state index contributed by atoms with van der Waals surface area (Å²) in [5.41, 5.74) is 0.427. The summed E-state index contributed by atoms with van der Waals surface area (Å²) in [6, 6.07) is 14.6. The number of carbonyl (C=O) groups excluding carboxylic acids is 5. The topological polar surface area (TPSA) is 122 Å². The Balaban J connectivity index is 1.31. The highest BCUT2D eigenvalue weighted by molar-refractivity contribution is 6.22. The van der Waals surface area contributed by atoms with Gasteiger partial charge in [-0.3, -0.25) is 24.1 Å². The molecule has 0 aromatic heterocycles. The van der Waals surface area contributed by atoms with Gasteiger partial charge in [-0.25, -0.2) is 18.0 Å². The van der Waals surface area contributed by atoms with Gasteiger partial charge in [0.05, 0.1) is 28.9 Å². The van der Waals surface area contributed by atoms with Crippen LogP contribution in [0.4, 0.5) is 18.9 Å². The van der Waals surface area contributed by atoms with Crippen molar-refractivity contribution in [2.24, 2.45) is 0 Å². The fourth-order valence-electron chi connectivity index (χ4n) is 3.92. The molecule has 1 atom stereocenters. The lowest BCUT2D eigenvalue weighted by Crippen LogP contribution is -2.40. The van der Waals surface area contributed by atoms with Gasteiger partial charge in [-0.1, -0.05) is 30.3 Å². The largest absolute Gasteiger partial charge is 0.449 e. The predicted molar refractivity (Wildman–Crippen MR) is 135 cm³/mol. The van der Waals surface area contributed by atoms with Gasteiger partial charge in [-0.15, -0.1) is 0 Å². The first-order chi connectivity index (χ1) is 19.1. The zero-order valence-corrected chi connectivity index (χ0v) is 21.0. The van der Waals surface area contributed by atoms with Crippen LogP contribution in [-0.2, 0) is 20.7 Å². The summed E-state index contributed by atoms with van der Waals surface area (Å²) in [5.74, 6) is -8.62. The summed E-state index contributed by atoms with van der Waals surface area (Å²) in [5, 5.41) is 4.15. The van der Waals surface area contributed by atoms with Crippen molar-refractivity contribution in [2.45, 2.75) is 19.4 Å². The molecule has 12 heteroatoms. The Kier molecular flexibility index (Phi) is 8.27. The third-order valence-electron chi connectivity index (χ3n) is 6.06. The Morgan fingerprint density at radius 2 is 1.60 bits per heavy atom. The van der Waals surface area contributed by atoms with Crippen molar-refractivity contribution >= 4 is 35.3 Å². The zero-order chi connectivity index (χ0) is 29.0. The Bertz CT molecular complexity index is 1510. The zero-order valence-electron chi connectivity index (χ0n) is 21.0. The second-order valence-electron chi connectivity index (χ2n) is 8.79. The van der Waals surface area contributed by atoms with Gasteiger partial charge < -0.3 is 15.4 Å². The van der Waals surface area contributed by atoms with Gasteiger partial charge in [0.1, 0.15) is 0 Å². The van der Waals surface area contributed by atoms with E-state index in [0.717, 1.165) is 16.5 Å². The maximum Gasteiger partial charge on any atom is 0.338 e. The molecular formula is C28H22F3N3O6. The molecule has 0 aliphatic carbocycles. The minimum atomic E-state index is -1.76. The van der Waals surface area contributed by atoms with E-state index in [4.69, 9.17) is 4.74 Å². The fourth-order valence-corrected chi connectivity index (χ4v) is 3.92. The average Bonchev–Trinajstić information content (AvgIpc) is 3.19. The lowest BCUT2D eigenvalue weighted by molar-refractivity contribution is -0.130. The smallest absolute Gasteiger partial charge is 0.338 e. The van der Waals surface area contributed by atoms with Gasteiger partial charge in [-0.05, 0) is 49.2 Å². The molecule has 1 aliphatic rings. The normalized spacial score (nSPS) is 13.1. The number of fused-ring (bicyclic) bond motifs is 1. The number of esters is 1. The number of halogens is 3. The van der Waals surface area contributed by atoms with Crippen LogP contribution in [0.15, 0.2) is 60.7 Å². The van der Waals surface area contributed by atoms with Crippen LogP contribution in [-0.4, -0.2) is 53.7 Å². The summed E-state index contributed by atoms with van der Waals surface area (Å²) in [7, 11) is 0. The first-order valence-electron chi connectivity index (χ1n) is 12.0. The number of carbonyl (C=O) groups is 5. The standard InChI is InChI=1S/C28H22F3N3O6/c1-15(25(36)32-14-22(35)33-21-10-9-20(29)23(30)24(21)31)40-28(39)17-7-8-18-19(13-17)27(38)34(26(18)37)12-11-16-5-3-2-4-6-16/h2-10,13,15H,11-12,14H2,1H3,(H,32,36)(H,33,35)/t15-/m0/s1. The first-order valence-corrected chi connectivity index (χ1v) is 12.0. The van der Waals surface area contributed by atoms with Crippen molar-refractivity contribution in [1.29, 1.82) is 0 Å². The number of nitrogens with one attached hydrogen (secondary N) is 2. The molecule has 9 nitrogen and oxygen atoms in total. The fraction of sp³-hybridized carbons (Fsp3) is 0.179. The number of benzene rings is 3. The van der Waals surface area contributed by atoms with Crippen LogP contribution in [0.3, 0.4) is 0 Å². The van der Waals surface area contributed by atoms with E-state index in [9.17, 15) is 37.1 Å². The Morgan fingerprint density at radius 1 is 0.900 bits per heavy atom. The van der Waals surface area contributed by atoms with Crippen molar-refractivity contribution in [3.63, 3.8) is 0 Å². The third-order valence-corrected chi connectivity index (χ3v) is 6.06. The molecule has 40 heavy (non-hydrogen) atoms. The van der Waals surface area contributed by atoms with Crippen LogP contribution in [0.5, 0.6) is 0 Å². The second-order valence-corrected chi connectivity index (χ2v) is 8.79. The number of amides is 4. The lowest BCUT2D eigenvalue weighted by Gasteiger charge is -2.14. The first kappa shape index (κ1) is 28.0. The molecule has 4 rings (SSSR count). The number of nitrogens with zero attached hydrogens (tertiary/aromatic N) is 1. The van der Waals surface area contributed by atoms with E-state index in [1.54, 1.807) is 0 Å². The minimum Gasteiger partial charge on any atom is -0.449 e. The molecule has 0 fully saturated rings. The summed E-state index contributed by atoms with van der Waals surface area (Å²) in [4.78, 5) is 63.5. The van der Waals surface area contributed by atoms with Crippen molar-refractivity contribution in [1.82, 2.24) is 10.2 Å². The maximum atomic E-state index is 13.7. The number of rotatable bonds is 9. The molecule has 4 amide bonds. The van der Waals surface area contributed by atoms with E-state index < -0.39 is 65.4 Å². The summed E-state index contributed by atoms with van der Waals surface area (Å²) >= 11 is 0. The highest BCUT2D eigenvalue weighted by Gasteiger charge is 2.36. The molecule has 0 spiro atoms. The van der Waals surface area contributed by atoms with E-state index in [1.165, 1.54) is 25.1 Å². The maximum absolute atomic E-state index is 13.7. The molecule has 3 aromatic rings. The molecule has 0 unspecified atom stereocenters. The Hall–Kier alpha value is -5.00. The van der Waals surface area contributed by atoms with E-state index in [-0.39, 0.29) is 23.2 Å². The Morgan fingerprint density at radius 3 is 2.33 bits per heavy atom. The average molecular weight is 553 g/mol. The van der Waals surface area contributed by atoms with E-state index in [2.05, 4.69) is 5.32 Å². The van der Waals surface area contributed by atoms with Crippen LogP contribution in [0.2, 0.25) is 0 Å². The second kappa shape index (κ2) is 11.8. The quantitative estimate of drug-likeness (QED) is 0.238. The van der Waals surface area contributed by atoms with Gasteiger partial charge in [-0.2, -0.15) is 0 Å². The molecule has 206 valence electrons. The molecule has 0 saturated heterocycles. The lowest BCUT2D eigenvalue weighted by atomic mass is 10.1. The monoisotopic (exact) mass is 553 g/mol. The van der Waals surface area contributed by atoms with Crippen LogP contribution < -0.4 is 10.6 Å². The van der Waals surface area contributed by atoms with Gasteiger partial charge in [0.15, 0.2) is 23.6 Å². The van der Waals surface area contributed by atoms with E-state index in [0.29, 0.717) is 12.5 Å². The van der Waals surface area contributed by atoms with Crippen molar-refractivity contribution in [2.75, 3.05) is 18.4 Å². The molecule has 0 radical (unpaired) electrons. The molecule has 1 aliphatic heterocycles. The molecule has 0 saturated carbocycles. The predicted octanol–water partition coefficient (Wildman–Crippen LogP) is 3.24. The van der Waals surface area contributed by atoms with Gasteiger partial charge in [0.2, 0.25) is 5.91 Å². The molecule has 3 aromatic carbocycles. The molecular weight excluding hydrogens is 531 g/mol. The number of hydrogen-bond acceptors (Lipinski definition) is 6. The van der Waals surface area contributed by atoms with Crippen molar-refractivity contribution in [3.05, 3.63) is 100 Å². The van der Waals surface area contributed by atoms with E-state index >= 15 is 0 Å². The number of anilines is 1. The molecule has 2 N–H and O–H groups in total. The van der Waals surface area contributed by atoms with Gasteiger partial charge >= 0.3 is 5.97 Å². The number of hydrogen-bond donors (Lipinski definition) is 2. The Labute approximate surface area is 225 Å². The highest BCUT2D eigenvalue weighted by atomic mass is 19.2. The summed E-state index contributed by atoms with van der Waals surface area (Å²) in [6.45, 7) is 0.699. The summed E-state index contributed by atoms with van der Waals surface area (Å²) in [6.07, 6.45) is -0.921. The number of ether oxygens (including phenoxy) is 1. The summed E-state index contributed by atoms with van der Waals surface area (Å²) < 4.78 is 45.1. The molecule has 0 bridgehead atoms. The van der Waals surface area contributed by atoms with Crippen molar-refractivity contribution < 1.29 is 41.9 Å². The minimum absolute atomic E-state index is 0.0331. The van der Waals surface area contributed by atoms with Crippen LogP contribution in [0.25, 0.3) is 0 Å². The van der Waals surface area contributed by atoms with Gasteiger partial charge in [0.25, 0.3) is 17.7 Å². The van der Waals surface area contributed by atoms with Crippen LogP contribution >= 0.6 is 0 Å². The van der Waals surface area contributed by atoms with Gasteiger partial charge in [0, 0.05) is 6.54 Å². The van der Waals surface area contributed by atoms with E-state index in [1.807, 2.05) is 35.6 Å². The highest BCUT2D eigenvalue weighted by Crippen LogP contribution is 2.25. The van der Waals surface area contributed by atoms with Crippen molar-refractivity contribution in [3.8, 4) is 0 Å². The number of imide groups is 1. The molecule has 1 heterocycles. The SMILES string of the molecule is C[C@H](OC(=O)c1ccc2c(c1)C(=O)N(CCc1ccccc1)C2=O)C(=O)NCC(=O)Nc1ccc(F)c(F)c1F. The van der Waals surface area contributed by atoms with Crippen LogP contribution in [0, 0.1) is 17.5 Å². The van der Waals surface area contributed by atoms with Crippen LogP contribution in [0.1, 0.15) is 43.6 Å². The third kappa shape index (κ3) is 6.01.